The van der Waals surface area contributed by atoms with Gasteiger partial charge in [-0.1, -0.05) is 47.6 Å². The van der Waals surface area contributed by atoms with Crippen LogP contribution < -0.4 is 5.32 Å². The highest BCUT2D eigenvalue weighted by Gasteiger charge is 2.29. The molecule has 3 N–H and O–H groups in total. The van der Waals surface area contributed by atoms with Gasteiger partial charge in [0.2, 0.25) is 0 Å². The number of nitrogens with one attached hydrogen (secondary N) is 2. The second-order valence-corrected chi connectivity index (χ2v) is 8.45. The van der Waals surface area contributed by atoms with Gasteiger partial charge in [-0.3, -0.25) is 4.79 Å². The molecule has 0 atom stereocenters. The molecule has 0 saturated heterocycles. The van der Waals surface area contributed by atoms with E-state index in [1.54, 1.807) is 12.1 Å². The Labute approximate surface area is 191 Å². The highest BCUT2D eigenvalue weighted by molar-refractivity contribution is 6.27. The lowest BCUT2D eigenvalue weighted by Crippen LogP contribution is -2.27. The number of aromatic amines is 1. The van der Waals surface area contributed by atoms with Crippen LogP contribution in [0, 0.1) is 0 Å². The number of carbonyl (C=O) groups is 1. The van der Waals surface area contributed by atoms with Gasteiger partial charge in [0.05, 0.1) is 11.0 Å². The number of rotatable bonds is 6. The Balaban J connectivity index is 1.47. The molecule has 4 aromatic rings. The zero-order chi connectivity index (χ0) is 22.9. The standard InChI is InChI=1S/C26H25N5O2/c1-31(2)14-6-13-27-26(32)16-11-12-21-22(15-16)29-25(28-21)20-10-5-9-18-17-7-3-4-8-19(17)24(30-33)23(18)20/h3-5,7-12,15,33H,6,13-14H2,1-2H3,(H,27,32)(H,28,29). The smallest absolute Gasteiger partial charge is 0.251 e. The fourth-order valence-corrected chi connectivity index (χ4v) is 4.37. The summed E-state index contributed by atoms with van der Waals surface area (Å²) < 4.78 is 0. The minimum atomic E-state index is -0.106. The number of hydrogen-bond donors (Lipinski definition) is 3. The lowest BCUT2D eigenvalue weighted by molar-refractivity contribution is 0.0952. The van der Waals surface area contributed by atoms with Crippen LogP contribution in [0.4, 0.5) is 0 Å². The predicted octanol–water partition coefficient (Wildman–Crippen LogP) is 4.12. The van der Waals surface area contributed by atoms with Gasteiger partial charge in [-0.2, -0.15) is 0 Å². The summed E-state index contributed by atoms with van der Waals surface area (Å²) >= 11 is 0. The van der Waals surface area contributed by atoms with Gasteiger partial charge >= 0.3 is 0 Å². The maximum absolute atomic E-state index is 12.6. The Hall–Kier alpha value is -3.97. The van der Waals surface area contributed by atoms with Crippen LogP contribution in [0.2, 0.25) is 0 Å². The van der Waals surface area contributed by atoms with Crippen LogP contribution in [0.15, 0.2) is 65.8 Å². The van der Waals surface area contributed by atoms with Crippen LogP contribution in [0.1, 0.15) is 27.9 Å². The summed E-state index contributed by atoms with van der Waals surface area (Å²) in [7, 11) is 4.03. The molecule has 1 heterocycles. The Morgan fingerprint density at radius 1 is 1.03 bits per heavy atom. The molecule has 1 amide bonds. The van der Waals surface area contributed by atoms with E-state index < -0.39 is 0 Å². The Kier molecular flexibility index (Phi) is 5.40. The van der Waals surface area contributed by atoms with Crippen molar-refractivity contribution < 1.29 is 10.0 Å². The van der Waals surface area contributed by atoms with Crippen LogP contribution in [0.5, 0.6) is 0 Å². The van der Waals surface area contributed by atoms with E-state index >= 15 is 0 Å². The molecule has 1 aliphatic rings. The molecule has 5 rings (SSSR count). The first-order valence-electron chi connectivity index (χ1n) is 10.9. The average molecular weight is 440 g/mol. The first kappa shape index (κ1) is 20.9. The minimum absolute atomic E-state index is 0.106. The molecule has 3 aromatic carbocycles. The van der Waals surface area contributed by atoms with Crippen LogP contribution in [0.25, 0.3) is 33.5 Å². The summed E-state index contributed by atoms with van der Waals surface area (Å²) in [5.41, 5.74) is 7.29. The van der Waals surface area contributed by atoms with Crippen molar-refractivity contribution in [2.45, 2.75) is 6.42 Å². The molecular formula is C26H25N5O2. The second-order valence-electron chi connectivity index (χ2n) is 8.45. The number of benzene rings is 3. The summed E-state index contributed by atoms with van der Waals surface area (Å²) in [4.78, 5) is 22.8. The van der Waals surface area contributed by atoms with Crippen molar-refractivity contribution in [3.63, 3.8) is 0 Å². The van der Waals surface area contributed by atoms with Gasteiger partial charge in [-0.15, -0.1) is 0 Å². The second kappa shape index (κ2) is 8.52. The third-order valence-corrected chi connectivity index (χ3v) is 5.94. The quantitative estimate of drug-likeness (QED) is 0.211. The summed E-state index contributed by atoms with van der Waals surface area (Å²) in [5, 5.41) is 16.4. The fourth-order valence-electron chi connectivity index (χ4n) is 4.37. The normalized spacial score (nSPS) is 13.5. The molecule has 0 unspecified atom stereocenters. The highest BCUT2D eigenvalue weighted by Crippen LogP contribution is 2.41. The van der Waals surface area contributed by atoms with Gasteiger partial charge < -0.3 is 20.4 Å². The van der Waals surface area contributed by atoms with E-state index in [2.05, 4.69) is 20.4 Å². The third-order valence-electron chi connectivity index (χ3n) is 5.94. The zero-order valence-electron chi connectivity index (χ0n) is 18.6. The van der Waals surface area contributed by atoms with E-state index in [9.17, 15) is 10.0 Å². The average Bonchev–Trinajstić information content (AvgIpc) is 3.40. The minimum Gasteiger partial charge on any atom is -0.410 e. The zero-order valence-corrected chi connectivity index (χ0v) is 18.6. The lowest BCUT2D eigenvalue weighted by Gasteiger charge is -2.09. The molecule has 0 saturated carbocycles. The number of imidazole rings is 1. The van der Waals surface area contributed by atoms with Gasteiger partial charge in [-0.25, -0.2) is 4.98 Å². The molecule has 0 bridgehead atoms. The molecule has 0 aliphatic heterocycles. The van der Waals surface area contributed by atoms with Crippen molar-refractivity contribution in [1.29, 1.82) is 0 Å². The SMILES string of the molecule is CN(C)CCCNC(=O)c1ccc2[nH]c(-c3cccc4c3C(=NO)c3ccccc3-4)nc2c1. The molecule has 1 aliphatic carbocycles. The number of hydrogen-bond acceptors (Lipinski definition) is 5. The lowest BCUT2D eigenvalue weighted by atomic mass is 10.00. The summed E-state index contributed by atoms with van der Waals surface area (Å²) in [6.45, 7) is 1.55. The third kappa shape index (κ3) is 3.76. The van der Waals surface area contributed by atoms with Crippen LogP contribution >= 0.6 is 0 Å². The van der Waals surface area contributed by atoms with Crippen molar-refractivity contribution in [1.82, 2.24) is 20.2 Å². The molecule has 0 fully saturated rings. The number of oxime groups is 1. The first-order valence-corrected chi connectivity index (χ1v) is 10.9. The first-order chi connectivity index (χ1) is 16.1. The predicted molar refractivity (Wildman–Crippen MR) is 130 cm³/mol. The van der Waals surface area contributed by atoms with Gasteiger partial charge in [0.1, 0.15) is 11.5 Å². The molecule has 0 radical (unpaired) electrons. The number of nitrogens with zero attached hydrogens (tertiary/aromatic N) is 3. The Bertz CT molecular complexity index is 1390. The van der Waals surface area contributed by atoms with Crippen LogP contribution in [0.3, 0.4) is 0 Å². The summed E-state index contributed by atoms with van der Waals surface area (Å²) in [6.07, 6.45) is 0.893. The monoisotopic (exact) mass is 439 g/mol. The molecule has 7 heteroatoms. The van der Waals surface area contributed by atoms with E-state index in [1.807, 2.05) is 62.6 Å². The van der Waals surface area contributed by atoms with E-state index in [4.69, 9.17) is 4.98 Å². The summed E-state index contributed by atoms with van der Waals surface area (Å²) in [6, 6.07) is 19.3. The maximum Gasteiger partial charge on any atom is 0.251 e. The largest absolute Gasteiger partial charge is 0.410 e. The number of aromatic nitrogens is 2. The van der Waals surface area contributed by atoms with E-state index in [0.29, 0.717) is 29.2 Å². The molecule has 7 nitrogen and oxygen atoms in total. The fraction of sp³-hybridized carbons (Fsp3) is 0.192. The topological polar surface area (TPSA) is 93.6 Å². The van der Waals surface area contributed by atoms with Gasteiger partial charge in [0, 0.05) is 28.8 Å². The van der Waals surface area contributed by atoms with Crippen molar-refractivity contribution in [3.8, 4) is 22.5 Å². The molecule has 166 valence electrons. The molecule has 1 aromatic heterocycles. The van der Waals surface area contributed by atoms with Crippen molar-refractivity contribution in [2.24, 2.45) is 5.16 Å². The van der Waals surface area contributed by atoms with Crippen molar-refractivity contribution in [3.05, 3.63) is 77.4 Å². The van der Waals surface area contributed by atoms with Crippen LogP contribution in [-0.4, -0.2) is 58.9 Å². The Morgan fingerprint density at radius 3 is 2.58 bits per heavy atom. The van der Waals surface area contributed by atoms with Crippen molar-refractivity contribution in [2.75, 3.05) is 27.2 Å². The number of carbonyl (C=O) groups excluding carboxylic acids is 1. The van der Waals surface area contributed by atoms with Crippen LogP contribution in [-0.2, 0) is 0 Å². The number of amides is 1. The number of H-pyrrole nitrogens is 1. The van der Waals surface area contributed by atoms with E-state index in [1.165, 1.54) is 0 Å². The number of fused-ring (bicyclic) bond motifs is 4. The highest BCUT2D eigenvalue weighted by atomic mass is 16.4. The van der Waals surface area contributed by atoms with Gasteiger partial charge in [0.25, 0.3) is 5.91 Å². The van der Waals surface area contributed by atoms with Gasteiger partial charge in [-0.05, 0) is 56.4 Å². The van der Waals surface area contributed by atoms with E-state index in [0.717, 1.165) is 46.3 Å². The Morgan fingerprint density at radius 2 is 1.79 bits per heavy atom. The molecule has 33 heavy (non-hydrogen) atoms. The van der Waals surface area contributed by atoms with E-state index in [-0.39, 0.29) is 5.91 Å². The maximum atomic E-state index is 12.6. The summed E-state index contributed by atoms with van der Waals surface area (Å²) in [5.74, 6) is 0.560. The van der Waals surface area contributed by atoms with Crippen molar-refractivity contribution >= 4 is 22.7 Å². The molecular weight excluding hydrogens is 414 g/mol. The molecule has 0 spiro atoms. The van der Waals surface area contributed by atoms with Gasteiger partial charge in [0.15, 0.2) is 0 Å².